The highest BCUT2D eigenvalue weighted by Crippen LogP contribution is 2.34. The van der Waals surface area contributed by atoms with E-state index in [2.05, 4.69) is 15.4 Å². The van der Waals surface area contributed by atoms with E-state index in [1.165, 1.54) is 12.3 Å². The largest absolute Gasteiger partial charge is 0.391 e. The summed E-state index contributed by atoms with van der Waals surface area (Å²) in [6.45, 7) is 1.05. The van der Waals surface area contributed by atoms with Crippen LogP contribution in [0.4, 0.5) is 25.3 Å². The van der Waals surface area contributed by atoms with Crippen molar-refractivity contribution in [3.63, 3.8) is 0 Å². The summed E-state index contributed by atoms with van der Waals surface area (Å²) in [5.41, 5.74) is 5.89. The summed E-state index contributed by atoms with van der Waals surface area (Å²) >= 11 is 0.831. The number of nitrogens with one attached hydrogen (secondary N) is 1. The molecule has 11 heteroatoms. The van der Waals surface area contributed by atoms with Gasteiger partial charge in [0.2, 0.25) is 0 Å². The lowest BCUT2D eigenvalue weighted by atomic mass is 10.2. The van der Waals surface area contributed by atoms with Gasteiger partial charge in [0.1, 0.15) is 27.3 Å². The van der Waals surface area contributed by atoms with Crippen molar-refractivity contribution in [1.29, 1.82) is 0 Å². The number of hydrogen-bond acceptors (Lipinski definition) is 7. The van der Waals surface area contributed by atoms with Crippen molar-refractivity contribution < 1.29 is 18.7 Å². The van der Waals surface area contributed by atoms with E-state index in [1.807, 2.05) is 4.90 Å². The van der Waals surface area contributed by atoms with Crippen molar-refractivity contribution in [3.05, 3.63) is 41.7 Å². The molecule has 29 heavy (non-hydrogen) atoms. The third-order valence-corrected chi connectivity index (χ3v) is 5.57. The number of anilines is 3. The minimum atomic E-state index is -0.784. The predicted octanol–water partition coefficient (Wildman–Crippen LogP) is 2.23. The Morgan fingerprint density at radius 2 is 2.10 bits per heavy atom. The minimum Gasteiger partial charge on any atom is -0.391 e. The van der Waals surface area contributed by atoms with Crippen molar-refractivity contribution in [3.8, 4) is 10.6 Å². The molecular formula is C18H18F2N6O2S. The molecule has 2 aromatic heterocycles. The van der Waals surface area contributed by atoms with Gasteiger partial charge < -0.3 is 21.1 Å². The lowest BCUT2D eigenvalue weighted by molar-refractivity contribution is 0.102. The van der Waals surface area contributed by atoms with E-state index in [9.17, 15) is 18.7 Å². The summed E-state index contributed by atoms with van der Waals surface area (Å²) in [6.07, 6.45) is 1.66. The molecule has 152 valence electrons. The maximum atomic E-state index is 14.0. The van der Waals surface area contributed by atoms with Gasteiger partial charge >= 0.3 is 0 Å². The fraction of sp³-hybridized carbons (Fsp3) is 0.278. The van der Waals surface area contributed by atoms with Crippen LogP contribution in [0.1, 0.15) is 16.9 Å². The third kappa shape index (κ3) is 3.54. The highest BCUT2D eigenvalue weighted by molar-refractivity contribution is 7.19. The highest BCUT2D eigenvalue weighted by Gasteiger charge is 2.27. The van der Waals surface area contributed by atoms with Crippen LogP contribution in [0.3, 0.4) is 0 Å². The summed E-state index contributed by atoms with van der Waals surface area (Å²) in [5, 5.41) is 16.7. The average Bonchev–Trinajstić information content (AvgIpc) is 3.34. The number of aliphatic hydroxyl groups excluding tert-OH is 1. The van der Waals surface area contributed by atoms with E-state index in [-0.39, 0.29) is 21.3 Å². The lowest BCUT2D eigenvalue weighted by Gasteiger charge is -2.19. The quantitative estimate of drug-likeness (QED) is 0.597. The Bertz CT molecular complexity index is 1060. The van der Waals surface area contributed by atoms with Crippen LogP contribution >= 0.6 is 11.3 Å². The number of β-amino-alcohol motifs (C(OH)–C–C–N with tert-alkyl or cyclic N) is 1. The number of aryl methyl sites for hydroxylation is 1. The number of benzene rings is 1. The summed E-state index contributed by atoms with van der Waals surface area (Å²) in [7, 11) is 1.73. The van der Waals surface area contributed by atoms with Crippen LogP contribution in [0.25, 0.3) is 10.6 Å². The molecule has 3 heterocycles. The van der Waals surface area contributed by atoms with Crippen molar-refractivity contribution in [2.24, 2.45) is 7.05 Å². The zero-order valence-electron chi connectivity index (χ0n) is 15.4. The second-order valence-electron chi connectivity index (χ2n) is 6.68. The van der Waals surface area contributed by atoms with Gasteiger partial charge in [-0.15, -0.1) is 0 Å². The number of nitrogens with two attached hydrogens (primary N) is 1. The molecule has 0 saturated carbocycles. The van der Waals surface area contributed by atoms with Crippen LogP contribution < -0.4 is 16.0 Å². The Hall–Kier alpha value is -3.05. The fourth-order valence-electron chi connectivity index (χ4n) is 3.31. The molecule has 1 amide bonds. The number of aromatic nitrogens is 3. The molecule has 1 unspecified atom stereocenters. The molecule has 4 N–H and O–H groups in total. The van der Waals surface area contributed by atoms with E-state index < -0.39 is 23.6 Å². The minimum absolute atomic E-state index is 0.0164. The number of nitrogens with zero attached hydrogens (tertiary/aromatic N) is 4. The molecule has 3 aromatic rings. The molecular weight excluding hydrogens is 402 g/mol. The Morgan fingerprint density at radius 3 is 2.76 bits per heavy atom. The number of carbonyl (C=O) groups is 1. The molecule has 8 nitrogen and oxygen atoms in total. The maximum absolute atomic E-state index is 14.0. The Labute approximate surface area is 168 Å². The zero-order chi connectivity index (χ0) is 20.7. The first-order valence-electron chi connectivity index (χ1n) is 8.82. The molecule has 1 fully saturated rings. The summed E-state index contributed by atoms with van der Waals surface area (Å²) in [6, 6.07) is 3.47. The molecule has 0 aliphatic carbocycles. The van der Waals surface area contributed by atoms with E-state index in [1.54, 1.807) is 11.7 Å². The zero-order valence-corrected chi connectivity index (χ0v) is 16.2. The Morgan fingerprint density at radius 1 is 1.38 bits per heavy atom. The number of rotatable bonds is 4. The topological polar surface area (TPSA) is 109 Å². The smallest absolute Gasteiger partial charge is 0.277 e. The molecule has 4 rings (SSSR count). The third-order valence-electron chi connectivity index (χ3n) is 4.66. The number of amides is 1. The number of nitrogen functional groups attached to an aromatic ring is 1. The van der Waals surface area contributed by atoms with Gasteiger partial charge in [-0.1, -0.05) is 17.4 Å². The summed E-state index contributed by atoms with van der Waals surface area (Å²) < 4.78 is 29.7. The number of halogens is 2. The van der Waals surface area contributed by atoms with Gasteiger partial charge in [-0.25, -0.2) is 13.8 Å². The van der Waals surface area contributed by atoms with Gasteiger partial charge in [-0.05, 0) is 18.6 Å². The van der Waals surface area contributed by atoms with Crippen molar-refractivity contribution in [1.82, 2.24) is 14.8 Å². The standard InChI is InChI=1S/C18H18F2N6O2S/c1-25-18(26-6-5-9(27)8-26)12(7-22-25)23-16(28)14-15(21)29-17(24-14)13-10(19)3-2-4-11(13)20/h2-4,7,9,27H,5-6,8,21H2,1H3,(H,23,28). The second-order valence-corrected chi connectivity index (χ2v) is 7.71. The Kier molecular flexibility index (Phi) is 4.92. The first-order valence-corrected chi connectivity index (χ1v) is 9.64. The van der Waals surface area contributed by atoms with Crippen LogP contribution in [0.2, 0.25) is 0 Å². The first kappa shape index (κ1) is 19.3. The van der Waals surface area contributed by atoms with Gasteiger partial charge in [0, 0.05) is 20.1 Å². The highest BCUT2D eigenvalue weighted by atomic mass is 32.1. The Balaban J connectivity index is 1.62. The van der Waals surface area contributed by atoms with Gasteiger partial charge in [-0.3, -0.25) is 9.48 Å². The van der Waals surface area contributed by atoms with E-state index in [0.717, 1.165) is 23.5 Å². The molecule has 0 radical (unpaired) electrons. The van der Waals surface area contributed by atoms with Crippen molar-refractivity contribution in [2.75, 3.05) is 29.0 Å². The fourth-order valence-corrected chi connectivity index (χ4v) is 4.19. The van der Waals surface area contributed by atoms with Gasteiger partial charge in [0.15, 0.2) is 11.5 Å². The molecule has 0 spiro atoms. The molecule has 1 aliphatic rings. The van der Waals surface area contributed by atoms with Crippen LogP contribution in [0.15, 0.2) is 24.4 Å². The molecule has 1 aromatic carbocycles. The maximum Gasteiger partial charge on any atom is 0.277 e. The number of aliphatic hydroxyl groups is 1. The first-order chi connectivity index (χ1) is 13.8. The SMILES string of the molecule is Cn1ncc(NC(=O)c2nc(-c3c(F)cccc3F)sc2N)c1N1CCC(O)C1. The van der Waals surface area contributed by atoms with Gasteiger partial charge in [-0.2, -0.15) is 5.10 Å². The molecule has 1 aliphatic heterocycles. The second kappa shape index (κ2) is 7.41. The van der Waals surface area contributed by atoms with Crippen LogP contribution in [0, 0.1) is 11.6 Å². The van der Waals surface area contributed by atoms with Gasteiger partial charge in [0.05, 0.1) is 17.9 Å². The monoisotopic (exact) mass is 420 g/mol. The van der Waals surface area contributed by atoms with Crippen LogP contribution in [-0.2, 0) is 7.05 Å². The van der Waals surface area contributed by atoms with Gasteiger partial charge in [0.25, 0.3) is 5.91 Å². The van der Waals surface area contributed by atoms with Crippen molar-refractivity contribution in [2.45, 2.75) is 12.5 Å². The summed E-state index contributed by atoms with van der Waals surface area (Å²) in [5.74, 6) is -1.54. The van der Waals surface area contributed by atoms with E-state index in [0.29, 0.717) is 31.0 Å². The molecule has 0 bridgehead atoms. The predicted molar refractivity (Wildman–Crippen MR) is 106 cm³/mol. The van der Waals surface area contributed by atoms with Crippen molar-refractivity contribution >= 4 is 33.8 Å². The molecule has 1 saturated heterocycles. The number of hydrogen-bond donors (Lipinski definition) is 3. The average molecular weight is 420 g/mol. The summed E-state index contributed by atoms with van der Waals surface area (Å²) in [4.78, 5) is 18.7. The number of carbonyl (C=O) groups excluding carboxylic acids is 1. The van der Waals surface area contributed by atoms with Crippen LogP contribution in [0.5, 0.6) is 0 Å². The molecule has 1 atom stereocenters. The normalized spacial score (nSPS) is 16.4. The lowest BCUT2D eigenvalue weighted by Crippen LogP contribution is -2.25. The van der Waals surface area contributed by atoms with Crippen LogP contribution in [-0.4, -0.2) is 45.0 Å². The van der Waals surface area contributed by atoms with E-state index in [4.69, 9.17) is 5.73 Å². The van der Waals surface area contributed by atoms with E-state index >= 15 is 0 Å². The number of thiazole rings is 1.